The summed E-state index contributed by atoms with van der Waals surface area (Å²) >= 11 is 0. The van der Waals surface area contributed by atoms with Gasteiger partial charge in [-0.25, -0.2) is 0 Å². The van der Waals surface area contributed by atoms with Crippen LogP contribution in [0.25, 0.3) is 0 Å². The number of aryl methyl sites for hydroxylation is 1. The fourth-order valence-electron chi connectivity index (χ4n) is 3.44. The zero-order valence-electron chi connectivity index (χ0n) is 11.5. The summed E-state index contributed by atoms with van der Waals surface area (Å²) in [7, 11) is 0. The standard InChI is InChI=1S/C16H22O2/c1-10(2)14-12-5-8-16(6-4-7-16)18-15(12)11(3)9-13(14)17/h9-10,17H,4-8H2,1-3H3. The van der Waals surface area contributed by atoms with Crippen LogP contribution in [0, 0.1) is 6.92 Å². The van der Waals surface area contributed by atoms with Gasteiger partial charge < -0.3 is 9.84 Å². The first kappa shape index (κ1) is 11.9. The summed E-state index contributed by atoms with van der Waals surface area (Å²) in [5, 5.41) is 10.2. The van der Waals surface area contributed by atoms with Gasteiger partial charge >= 0.3 is 0 Å². The van der Waals surface area contributed by atoms with E-state index in [1.54, 1.807) is 0 Å². The highest BCUT2D eigenvalue weighted by Crippen LogP contribution is 2.49. The molecule has 1 spiro atoms. The number of phenolic OH excluding ortho intramolecular Hbond substituents is 1. The molecule has 18 heavy (non-hydrogen) atoms. The molecule has 1 fully saturated rings. The van der Waals surface area contributed by atoms with Gasteiger partial charge in [0.15, 0.2) is 0 Å². The number of phenols is 1. The monoisotopic (exact) mass is 246 g/mol. The SMILES string of the molecule is Cc1cc(O)c(C(C)C)c2c1OC1(CCC1)CC2. The molecular weight excluding hydrogens is 224 g/mol. The van der Waals surface area contributed by atoms with Gasteiger partial charge in [-0.3, -0.25) is 0 Å². The first-order valence-corrected chi connectivity index (χ1v) is 7.07. The molecule has 0 unspecified atom stereocenters. The van der Waals surface area contributed by atoms with Crippen LogP contribution >= 0.6 is 0 Å². The summed E-state index contributed by atoms with van der Waals surface area (Å²) < 4.78 is 6.32. The highest BCUT2D eigenvalue weighted by molar-refractivity contribution is 5.55. The quantitative estimate of drug-likeness (QED) is 0.809. The predicted octanol–water partition coefficient (Wildman–Crippen LogP) is 4.07. The third-order valence-electron chi connectivity index (χ3n) is 4.58. The fourth-order valence-corrected chi connectivity index (χ4v) is 3.44. The lowest BCUT2D eigenvalue weighted by atomic mass is 9.73. The van der Waals surface area contributed by atoms with Gasteiger partial charge in [0.2, 0.25) is 0 Å². The second-order valence-corrected chi connectivity index (χ2v) is 6.23. The lowest BCUT2D eigenvalue weighted by Gasteiger charge is -2.46. The van der Waals surface area contributed by atoms with Crippen LogP contribution in [0.1, 0.15) is 62.1 Å². The van der Waals surface area contributed by atoms with Crippen molar-refractivity contribution < 1.29 is 9.84 Å². The first-order chi connectivity index (χ1) is 8.52. The Balaban J connectivity index is 2.09. The van der Waals surface area contributed by atoms with E-state index in [0.29, 0.717) is 11.7 Å². The zero-order chi connectivity index (χ0) is 12.9. The van der Waals surface area contributed by atoms with Crippen molar-refractivity contribution in [1.82, 2.24) is 0 Å². The summed E-state index contributed by atoms with van der Waals surface area (Å²) in [6.07, 6.45) is 5.86. The summed E-state index contributed by atoms with van der Waals surface area (Å²) in [6.45, 7) is 6.32. The largest absolute Gasteiger partial charge is 0.508 e. The number of benzene rings is 1. The van der Waals surface area contributed by atoms with Crippen molar-refractivity contribution in [1.29, 1.82) is 0 Å². The van der Waals surface area contributed by atoms with E-state index in [-0.39, 0.29) is 5.60 Å². The van der Waals surface area contributed by atoms with E-state index in [2.05, 4.69) is 13.8 Å². The second-order valence-electron chi connectivity index (χ2n) is 6.23. The molecular formula is C16H22O2. The second kappa shape index (κ2) is 3.91. The van der Waals surface area contributed by atoms with E-state index < -0.39 is 0 Å². The van der Waals surface area contributed by atoms with Crippen LogP contribution in [0.5, 0.6) is 11.5 Å². The molecule has 1 aliphatic carbocycles. The van der Waals surface area contributed by atoms with E-state index in [1.165, 1.54) is 24.8 Å². The molecule has 2 heteroatoms. The molecule has 0 bridgehead atoms. The third-order valence-corrected chi connectivity index (χ3v) is 4.58. The van der Waals surface area contributed by atoms with Crippen LogP contribution in [0.3, 0.4) is 0 Å². The van der Waals surface area contributed by atoms with E-state index in [0.717, 1.165) is 29.7 Å². The van der Waals surface area contributed by atoms with Gasteiger partial charge in [0.25, 0.3) is 0 Å². The van der Waals surface area contributed by atoms with Gasteiger partial charge in [-0.05, 0) is 56.6 Å². The van der Waals surface area contributed by atoms with Crippen molar-refractivity contribution in [3.8, 4) is 11.5 Å². The molecule has 1 aromatic rings. The number of rotatable bonds is 1. The Hall–Kier alpha value is -1.18. The molecule has 0 amide bonds. The van der Waals surface area contributed by atoms with Crippen molar-refractivity contribution in [2.24, 2.45) is 0 Å². The first-order valence-electron chi connectivity index (χ1n) is 7.07. The van der Waals surface area contributed by atoms with Crippen LogP contribution in [-0.4, -0.2) is 10.7 Å². The highest BCUT2D eigenvalue weighted by atomic mass is 16.5. The van der Waals surface area contributed by atoms with Gasteiger partial charge in [-0.15, -0.1) is 0 Å². The Kier molecular flexibility index (Phi) is 2.58. The van der Waals surface area contributed by atoms with Gasteiger partial charge in [0, 0.05) is 11.1 Å². The lowest BCUT2D eigenvalue weighted by Crippen LogP contribution is -2.46. The van der Waals surface area contributed by atoms with Crippen molar-refractivity contribution in [3.05, 3.63) is 22.8 Å². The molecule has 2 nitrogen and oxygen atoms in total. The van der Waals surface area contributed by atoms with Gasteiger partial charge in [-0.2, -0.15) is 0 Å². The minimum Gasteiger partial charge on any atom is -0.508 e. The van der Waals surface area contributed by atoms with Crippen LogP contribution < -0.4 is 4.74 Å². The number of fused-ring (bicyclic) bond motifs is 1. The Labute approximate surface area is 109 Å². The number of aromatic hydroxyl groups is 1. The lowest BCUT2D eigenvalue weighted by molar-refractivity contribution is -0.0258. The molecule has 0 atom stereocenters. The maximum absolute atomic E-state index is 10.2. The topological polar surface area (TPSA) is 29.5 Å². The summed E-state index contributed by atoms with van der Waals surface area (Å²) in [5.41, 5.74) is 3.55. The highest BCUT2D eigenvalue weighted by Gasteiger charge is 2.43. The molecule has 3 rings (SSSR count). The summed E-state index contributed by atoms with van der Waals surface area (Å²) in [5.74, 6) is 1.84. The molecule has 1 aromatic carbocycles. The predicted molar refractivity (Wildman–Crippen MR) is 72.5 cm³/mol. The molecule has 98 valence electrons. The summed E-state index contributed by atoms with van der Waals surface area (Å²) in [6, 6.07) is 1.87. The number of ether oxygens (including phenoxy) is 1. The Morgan fingerprint density at radius 2 is 2.00 bits per heavy atom. The van der Waals surface area contributed by atoms with E-state index in [1.807, 2.05) is 13.0 Å². The average Bonchev–Trinajstić information content (AvgIpc) is 2.26. The van der Waals surface area contributed by atoms with Crippen LogP contribution in [0.2, 0.25) is 0 Å². The van der Waals surface area contributed by atoms with Crippen molar-refractivity contribution in [2.75, 3.05) is 0 Å². The molecule has 2 aliphatic rings. The van der Waals surface area contributed by atoms with Crippen LogP contribution in [-0.2, 0) is 6.42 Å². The molecule has 0 saturated heterocycles. The zero-order valence-corrected chi connectivity index (χ0v) is 11.5. The van der Waals surface area contributed by atoms with E-state index in [4.69, 9.17) is 4.74 Å². The van der Waals surface area contributed by atoms with Gasteiger partial charge in [0.1, 0.15) is 17.1 Å². The smallest absolute Gasteiger partial charge is 0.126 e. The fraction of sp³-hybridized carbons (Fsp3) is 0.625. The Morgan fingerprint density at radius 3 is 2.56 bits per heavy atom. The number of hydrogen-bond donors (Lipinski definition) is 1. The van der Waals surface area contributed by atoms with Crippen LogP contribution in [0.4, 0.5) is 0 Å². The molecule has 1 aliphatic heterocycles. The Bertz CT molecular complexity index is 484. The minimum absolute atomic E-state index is 0.128. The molecule has 0 radical (unpaired) electrons. The molecule has 1 N–H and O–H groups in total. The normalized spacial score (nSPS) is 20.4. The van der Waals surface area contributed by atoms with Gasteiger partial charge in [-0.1, -0.05) is 13.8 Å². The minimum atomic E-state index is 0.128. The molecule has 1 heterocycles. The van der Waals surface area contributed by atoms with E-state index >= 15 is 0 Å². The maximum Gasteiger partial charge on any atom is 0.126 e. The van der Waals surface area contributed by atoms with Crippen molar-refractivity contribution >= 4 is 0 Å². The summed E-state index contributed by atoms with van der Waals surface area (Å²) in [4.78, 5) is 0. The molecule has 0 aromatic heterocycles. The van der Waals surface area contributed by atoms with Crippen LogP contribution in [0.15, 0.2) is 6.07 Å². The van der Waals surface area contributed by atoms with Gasteiger partial charge in [0.05, 0.1) is 0 Å². The average molecular weight is 246 g/mol. The van der Waals surface area contributed by atoms with Crippen molar-refractivity contribution in [3.63, 3.8) is 0 Å². The molecule has 1 saturated carbocycles. The maximum atomic E-state index is 10.2. The number of hydrogen-bond acceptors (Lipinski definition) is 2. The van der Waals surface area contributed by atoms with E-state index in [9.17, 15) is 5.11 Å². The van der Waals surface area contributed by atoms with Crippen molar-refractivity contribution in [2.45, 2.75) is 64.4 Å². The third kappa shape index (κ3) is 1.62. The Morgan fingerprint density at radius 1 is 1.28 bits per heavy atom.